The Balaban J connectivity index is 1.93. The first-order chi connectivity index (χ1) is 10.5. The van der Waals surface area contributed by atoms with Crippen molar-refractivity contribution in [1.29, 1.82) is 0 Å². The van der Waals surface area contributed by atoms with E-state index in [9.17, 15) is 4.79 Å². The molecule has 0 saturated carbocycles. The van der Waals surface area contributed by atoms with Gasteiger partial charge in [0, 0.05) is 6.54 Å². The maximum Gasteiger partial charge on any atom is 0.261 e. The van der Waals surface area contributed by atoms with Gasteiger partial charge in [-0.25, -0.2) is 0 Å². The number of benzene rings is 2. The molecule has 2 aromatic carbocycles. The molecule has 0 aliphatic heterocycles. The zero-order valence-corrected chi connectivity index (χ0v) is 13.6. The molecule has 0 saturated heterocycles. The molecule has 0 fully saturated rings. The van der Waals surface area contributed by atoms with Crippen molar-refractivity contribution in [3.05, 3.63) is 64.7 Å². The lowest BCUT2D eigenvalue weighted by molar-refractivity contribution is -0.127. The van der Waals surface area contributed by atoms with Gasteiger partial charge in [-0.05, 0) is 50.5 Å². The van der Waals surface area contributed by atoms with Gasteiger partial charge in [-0.15, -0.1) is 0 Å². The number of carbonyl (C=O) groups excluding carboxylic acids is 1. The first-order valence-electron chi connectivity index (χ1n) is 7.53. The smallest absolute Gasteiger partial charge is 0.261 e. The predicted molar refractivity (Wildman–Crippen MR) is 89.0 cm³/mol. The van der Waals surface area contributed by atoms with Crippen LogP contribution in [0.2, 0.25) is 0 Å². The van der Waals surface area contributed by atoms with E-state index in [4.69, 9.17) is 4.74 Å². The summed E-state index contributed by atoms with van der Waals surface area (Å²) in [6.45, 7) is 8.35. The van der Waals surface area contributed by atoms with Crippen molar-refractivity contribution < 1.29 is 9.53 Å². The Labute approximate surface area is 132 Å². The van der Waals surface area contributed by atoms with Crippen LogP contribution in [0.15, 0.2) is 42.5 Å². The maximum atomic E-state index is 12.2. The number of hydrogen-bond acceptors (Lipinski definition) is 2. The number of hydrogen-bond donors (Lipinski definition) is 1. The minimum atomic E-state index is -0.523. The molecule has 0 radical (unpaired) electrons. The molecule has 0 heterocycles. The van der Waals surface area contributed by atoms with Gasteiger partial charge in [0.25, 0.3) is 5.91 Å². The standard InChI is InChI=1S/C19H23NO2/c1-13-9-10-18(15(3)11-13)22-16(4)19(21)20-12-17-8-6-5-7-14(17)2/h5-11,16H,12H2,1-4H3,(H,20,21)/t16-/m1/s1. The lowest BCUT2D eigenvalue weighted by atomic mass is 10.1. The lowest BCUT2D eigenvalue weighted by Crippen LogP contribution is -2.36. The molecule has 0 spiro atoms. The van der Waals surface area contributed by atoms with Crippen LogP contribution in [0.4, 0.5) is 0 Å². The van der Waals surface area contributed by atoms with Gasteiger partial charge in [-0.1, -0.05) is 42.0 Å². The Morgan fingerprint density at radius 1 is 1.09 bits per heavy atom. The molecule has 2 rings (SSSR count). The third-order valence-electron chi connectivity index (χ3n) is 3.72. The number of nitrogens with one attached hydrogen (secondary N) is 1. The highest BCUT2D eigenvalue weighted by atomic mass is 16.5. The van der Waals surface area contributed by atoms with Crippen LogP contribution in [0.5, 0.6) is 5.75 Å². The van der Waals surface area contributed by atoms with Gasteiger partial charge in [0.05, 0.1) is 0 Å². The summed E-state index contributed by atoms with van der Waals surface area (Å²) >= 11 is 0. The van der Waals surface area contributed by atoms with E-state index >= 15 is 0 Å². The second kappa shape index (κ2) is 7.12. The van der Waals surface area contributed by atoms with E-state index < -0.39 is 6.10 Å². The van der Waals surface area contributed by atoms with Crippen molar-refractivity contribution in [2.24, 2.45) is 0 Å². The third kappa shape index (κ3) is 4.10. The van der Waals surface area contributed by atoms with E-state index in [0.717, 1.165) is 16.9 Å². The molecule has 22 heavy (non-hydrogen) atoms. The SMILES string of the molecule is Cc1ccc(O[C@H](C)C(=O)NCc2ccccc2C)c(C)c1. The zero-order chi connectivity index (χ0) is 16.1. The fraction of sp³-hybridized carbons (Fsp3) is 0.316. The van der Waals surface area contributed by atoms with Crippen LogP contribution in [0.3, 0.4) is 0 Å². The minimum Gasteiger partial charge on any atom is -0.481 e. The highest BCUT2D eigenvalue weighted by Gasteiger charge is 2.15. The van der Waals surface area contributed by atoms with Crippen LogP contribution in [-0.2, 0) is 11.3 Å². The van der Waals surface area contributed by atoms with Gasteiger partial charge in [-0.3, -0.25) is 4.79 Å². The van der Waals surface area contributed by atoms with E-state index in [0.29, 0.717) is 6.54 Å². The quantitative estimate of drug-likeness (QED) is 0.914. The van der Waals surface area contributed by atoms with E-state index in [1.54, 1.807) is 6.92 Å². The maximum absolute atomic E-state index is 12.2. The Bertz CT molecular complexity index is 664. The van der Waals surface area contributed by atoms with Gasteiger partial charge < -0.3 is 10.1 Å². The molecule has 116 valence electrons. The molecule has 0 bridgehead atoms. The van der Waals surface area contributed by atoms with E-state index in [1.165, 1.54) is 11.1 Å². The summed E-state index contributed by atoms with van der Waals surface area (Å²) in [5.41, 5.74) is 4.51. The molecule has 0 aliphatic carbocycles. The molecule has 3 nitrogen and oxygen atoms in total. The number of ether oxygens (including phenoxy) is 1. The molecular formula is C19H23NO2. The topological polar surface area (TPSA) is 38.3 Å². The summed E-state index contributed by atoms with van der Waals surface area (Å²) in [4.78, 5) is 12.2. The van der Waals surface area contributed by atoms with E-state index in [2.05, 4.69) is 5.32 Å². The molecule has 0 aromatic heterocycles. The van der Waals surface area contributed by atoms with Crippen molar-refractivity contribution in [3.63, 3.8) is 0 Å². The second-order valence-corrected chi connectivity index (χ2v) is 5.67. The van der Waals surface area contributed by atoms with Gasteiger partial charge in [0.1, 0.15) is 5.75 Å². The van der Waals surface area contributed by atoms with Crippen molar-refractivity contribution in [3.8, 4) is 5.75 Å². The van der Waals surface area contributed by atoms with Gasteiger partial charge >= 0.3 is 0 Å². The van der Waals surface area contributed by atoms with E-state index in [1.807, 2.05) is 63.2 Å². The van der Waals surface area contributed by atoms with Crippen molar-refractivity contribution in [1.82, 2.24) is 5.32 Å². The van der Waals surface area contributed by atoms with Crippen LogP contribution in [-0.4, -0.2) is 12.0 Å². The number of amides is 1. The minimum absolute atomic E-state index is 0.108. The molecule has 1 N–H and O–H groups in total. The van der Waals surface area contributed by atoms with Gasteiger partial charge in [0.2, 0.25) is 0 Å². The highest BCUT2D eigenvalue weighted by molar-refractivity contribution is 5.80. The second-order valence-electron chi connectivity index (χ2n) is 5.67. The van der Waals surface area contributed by atoms with Crippen molar-refractivity contribution in [2.45, 2.75) is 40.3 Å². The van der Waals surface area contributed by atoms with Gasteiger partial charge in [0.15, 0.2) is 6.10 Å². The number of aryl methyl sites for hydroxylation is 3. The number of rotatable bonds is 5. The predicted octanol–water partition coefficient (Wildman–Crippen LogP) is 3.70. The zero-order valence-electron chi connectivity index (χ0n) is 13.6. The van der Waals surface area contributed by atoms with Crippen molar-refractivity contribution >= 4 is 5.91 Å². The van der Waals surface area contributed by atoms with Crippen LogP contribution >= 0.6 is 0 Å². The van der Waals surface area contributed by atoms with Crippen LogP contribution < -0.4 is 10.1 Å². The molecular weight excluding hydrogens is 274 g/mol. The molecule has 1 atom stereocenters. The molecule has 1 amide bonds. The summed E-state index contributed by atoms with van der Waals surface area (Å²) < 4.78 is 5.77. The molecule has 0 unspecified atom stereocenters. The Kier molecular flexibility index (Phi) is 5.21. The Hall–Kier alpha value is -2.29. The number of carbonyl (C=O) groups is 1. The summed E-state index contributed by atoms with van der Waals surface area (Å²) in [6.07, 6.45) is -0.523. The average molecular weight is 297 g/mol. The fourth-order valence-corrected chi connectivity index (χ4v) is 2.31. The third-order valence-corrected chi connectivity index (χ3v) is 3.72. The first-order valence-corrected chi connectivity index (χ1v) is 7.53. The summed E-state index contributed by atoms with van der Waals surface area (Å²) in [7, 11) is 0. The van der Waals surface area contributed by atoms with Crippen molar-refractivity contribution in [2.75, 3.05) is 0 Å². The summed E-state index contributed by atoms with van der Waals surface area (Å²) in [5, 5.41) is 2.93. The molecule has 2 aromatic rings. The van der Waals surface area contributed by atoms with Crippen LogP contribution in [0.1, 0.15) is 29.2 Å². The average Bonchev–Trinajstić information content (AvgIpc) is 2.49. The monoisotopic (exact) mass is 297 g/mol. The Morgan fingerprint density at radius 2 is 1.82 bits per heavy atom. The first kappa shape index (κ1) is 16.1. The normalized spacial score (nSPS) is 11.8. The van der Waals surface area contributed by atoms with Gasteiger partial charge in [-0.2, -0.15) is 0 Å². The summed E-state index contributed by atoms with van der Waals surface area (Å²) in [5.74, 6) is 0.646. The molecule has 3 heteroatoms. The molecule has 0 aliphatic rings. The lowest BCUT2D eigenvalue weighted by Gasteiger charge is -2.17. The summed E-state index contributed by atoms with van der Waals surface area (Å²) in [6, 6.07) is 14.0. The fourth-order valence-electron chi connectivity index (χ4n) is 2.31. The largest absolute Gasteiger partial charge is 0.481 e. The van der Waals surface area contributed by atoms with Crippen LogP contribution in [0, 0.1) is 20.8 Å². The van der Waals surface area contributed by atoms with E-state index in [-0.39, 0.29) is 5.91 Å². The highest BCUT2D eigenvalue weighted by Crippen LogP contribution is 2.20. The Morgan fingerprint density at radius 3 is 2.50 bits per heavy atom. The van der Waals surface area contributed by atoms with Crippen LogP contribution in [0.25, 0.3) is 0 Å².